The van der Waals surface area contributed by atoms with Crippen LogP contribution in [0.3, 0.4) is 0 Å². The summed E-state index contributed by atoms with van der Waals surface area (Å²) in [5.74, 6) is 0. The minimum Gasteiger partial charge on any atom is -0.445 e. The standard InChI is InChI=1S/2C13H16N4O3/c14-16-15-11-8-17(7-6-12(11)18)13(19)20-9-10-4-2-1-3-5-10;14-16-15-11-6-7-17(8-12(11)18)13(19)20-9-10-4-2-1-3-5-10/h2*1-5,11-12,18H,6-9H2. The van der Waals surface area contributed by atoms with Crippen LogP contribution in [0.2, 0.25) is 0 Å². The maximum absolute atomic E-state index is 11.9. The molecule has 2 fully saturated rings. The highest BCUT2D eigenvalue weighted by molar-refractivity contribution is 5.68. The van der Waals surface area contributed by atoms with Gasteiger partial charge in [0.1, 0.15) is 13.2 Å². The Morgan fingerprint density at radius 1 is 0.750 bits per heavy atom. The van der Waals surface area contributed by atoms with Gasteiger partial charge in [0, 0.05) is 29.5 Å². The third kappa shape index (κ3) is 9.37. The molecule has 4 rings (SSSR count). The number of ether oxygens (including phenoxy) is 2. The van der Waals surface area contributed by atoms with E-state index in [2.05, 4.69) is 20.1 Å². The van der Waals surface area contributed by atoms with E-state index in [1.54, 1.807) is 0 Å². The summed E-state index contributed by atoms with van der Waals surface area (Å²) in [6.45, 7) is 1.51. The van der Waals surface area contributed by atoms with Crippen LogP contribution in [-0.2, 0) is 22.7 Å². The number of benzene rings is 2. The van der Waals surface area contributed by atoms with Gasteiger partial charge in [-0.15, -0.1) is 0 Å². The van der Waals surface area contributed by atoms with Crippen molar-refractivity contribution < 1.29 is 29.3 Å². The number of rotatable bonds is 6. The van der Waals surface area contributed by atoms with Gasteiger partial charge in [-0.1, -0.05) is 70.9 Å². The van der Waals surface area contributed by atoms with Gasteiger partial charge in [-0.05, 0) is 35.0 Å². The minimum atomic E-state index is -0.844. The average Bonchev–Trinajstić information content (AvgIpc) is 2.98. The molecule has 212 valence electrons. The molecule has 2 amide bonds. The van der Waals surface area contributed by atoms with Crippen molar-refractivity contribution in [1.29, 1.82) is 0 Å². The van der Waals surface area contributed by atoms with Crippen LogP contribution in [0.5, 0.6) is 0 Å². The maximum Gasteiger partial charge on any atom is 0.410 e. The predicted octanol–water partition coefficient (Wildman–Crippen LogP) is 4.14. The third-order valence-corrected chi connectivity index (χ3v) is 6.42. The van der Waals surface area contributed by atoms with Crippen LogP contribution in [0.4, 0.5) is 9.59 Å². The molecule has 4 atom stereocenters. The van der Waals surface area contributed by atoms with Gasteiger partial charge in [0.2, 0.25) is 0 Å². The van der Waals surface area contributed by atoms with E-state index in [4.69, 9.17) is 20.5 Å². The van der Waals surface area contributed by atoms with Crippen LogP contribution in [0.1, 0.15) is 24.0 Å². The smallest absolute Gasteiger partial charge is 0.410 e. The number of carbonyl (C=O) groups is 2. The van der Waals surface area contributed by atoms with Crippen molar-refractivity contribution in [3.63, 3.8) is 0 Å². The molecule has 0 bridgehead atoms. The number of carbonyl (C=O) groups excluding carboxylic acids is 2. The number of hydrogen-bond acceptors (Lipinski definition) is 8. The van der Waals surface area contributed by atoms with Gasteiger partial charge in [0.15, 0.2) is 0 Å². The van der Waals surface area contributed by atoms with E-state index in [0.29, 0.717) is 25.9 Å². The second-order valence-electron chi connectivity index (χ2n) is 9.23. The Kier molecular flexibility index (Phi) is 11.9. The lowest BCUT2D eigenvalue weighted by Crippen LogP contribution is -2.48. The fourth-order valence-electron chi connectivity index (χ4n) is 4.17. The van der Waals surface area contributed by atoms with E-state index >= 15 is 0 Å². The summed E-state index contributed by atoms with van der Waals surface area (Å²) in [6, 6.07) is 17.7. The summed E-state index contributed by atoms with van der Waals surface area (Å²) >= 11 is 0. The van der Waals surface area contributed by atoms with Gasteiger partial charge in [0.25, 0.3) is 0 Å². The summed E-state index contributed by atoms with van der Waals surface area (Å²) in [5, 5.41) is 26.5. The van der Waals surface area contributed by atoms with Crippen molar-refractivity contribution in [2.75, 3.05) is 26.2 Å². The number of piperidine rings is 2. The minimum absolute atomic E-state index is 0.122. The van der Waals surface area contributed by atoms with E-state index < -0.39 is 36.5 Å². The van der Waals surface area contributed by atoms with Crippen LogP contribution in [0.15, 0.2) is 70.9 Å². The van der Waals surface area contributed by atoms with Crippen molar-refractivity contribution in [3.8, 4) is 0 Å². The highest BCUT2D eigenvalue weighted by Gasteiger charge is 2.31. The number of aliphatic hydroxyl groups is 2. The molecule has 14 heteroatoms. The lowest BCUT2D eigenvalue weighted by molar-refractivity contribution is 0.0361. The Morgan fingerprint density at radius 2 is 1.23 bits per heavy atom. The second kappa shape index (κ2) is 15.8. The number of nitrogens with zero attached hydrogens (tertiary/aromatic N) is 8. The molecule has 2 saturated heterocycles. The molecule has 0 aliphatic carbocycles. The summed E-state index contributed by atoms with van der Waals surface area (Å²) in [7, 11) is 0. The van der Waals surface area contributed by atoms with Crippen molar-refractivity contribution in [2.24, 2.45) is 10.2 Å². The summed E-state index contributed by atoms with van der Waals surface area (Å²) in [5.41, 5.74) is 18.6. The van der Waals surface area contributed by atoms with Crippen LogP contribution >= 0.6 is 0 Å². The lowest BCUT2D eigenvalue weighted by atomic mass is 10.0. The monoisotopic (exact) mass is 552 g/mol. The molecule has 14 nitrogen and oxygen atoms in total. The Morgan fingerprint density at radius 3 is 1.73 bits per heavy atom. The molecule has 4 unspecified atom stereocenters. The molecule has 0 saturated carbocycles. The quantitative estimate of drug-likeness (QED) is 0.306. The first-order valence-electron chi connectivity index (χ1n) is 12.8. The lowest BCUT2D eigenvalue weighted by Gasteiger charge is -2.33. The number of amides is 2. The van der Waals surface area contributed by atoms with Gasteiger partial charge in [0.05, 0.1) is 30.8 Å². The van der Waals surface area contributed by atoms with E-state index in [0.717, 1.165) is 11.1 Å². The van der Waals surface area contributed by atoms with Gasteiger partial charge >= 0.3 is 12.2 Å². The molecule has 0 spiro atoms. The van der Waals surface area contributed by atoms with Crippen molar-refractivity contribution in [3.05, 3.63) is 92.7 Å². The zero-order valence-corrected chi connectivity index (χ0v) is 21.8. The molecule has 40 heavy (non-hydrogen) atoms. The molecule has 2 aliphatic rings. The van der Waals surface area contributed by atoms with Crippen LogP contribution < -0.4 is 0 Å². The summed E-state index contributed by atoms with van der Waals surface area (Å²) in [4.78, 5) is 32.0. The highest BCUT2D eigenvalue weighted by atomic mass is 16.6. The molecule has 0 radical (unpaired) electrons. The first kappa shape index (κ1) is 30.1. The van der Waals surface area contributed by atoms with E-state index in [9.17, 15) is 19.8 Å². The highest BCUT2D eigenvalue weighted by Crippen LogP contribution is 2.17. The molecule has 2 N–H and O–H groups in total. The van der Waals surface area contributed by atoms with Gasteiger partial charge in [-0.25, -0.2) is 9.59 Å². The largest absolute Gasteiger partial charge is 0.445 e. The van der Waals surface area contributed by atoms with E-state index in [-0.39, 0.29) is 26.3 Å². The fraction of sp³-hybridized carbons (Fsp3) is 0.462. The predicted molar refractivity (Wildman–Crippen MR) is 144 cm³/mol. The number of β-amino-alcohol motifs (C(OH)–C–C–N with tert-alkyl or cyclic N) is 1. The molecule has 2 heterocycles. The van der Waals surface area contributed by atoms with Crippen molar-refractivity contribution in [1.82, 2.24) is 9.80 Å². The number of aliphatic hydroxyl groups excluding tert-OH is 2. The molecule has 2 aliphatic heterocycles. The first-order valence-corrected chi connectivity index (χ1v) is 12.8. The Balaban J connectivity index is 0.000000220. The number of azide groups is 2. The number of hydrogen-bond donors (Lipinski definition) is 2. The maximum atomic E-state index is 11.9. The Bertz CT molecular complexity index is 1190. The summed E-state index contributed by atoms with van der Waals surface area (Å²) < 4.78 is 10.4. The molecule has 2 aromatic rings. The first-order chi connectivity index (χ1) is 19.4. The molecular weight excluding hydrogens is 520 g/mol. The Hall–Kier alpha value is -4.48. The zero-order chi connectivity index (χ0) is 28.7. The van der Waals surface area contributed by atoms with Gasteiger partial charge in [-0.3, -0.25) is 0 Å². The van der Waals surface area contributed by atoms with Crippen LogP contribution in [-0.4, -0.2) is 82.7 Å². The normalized spacial score (nSPS) is 21.9. The van der Waals surface area contributed by atoms with Gasteiger partial charge < -0.3 is 29.5 Å². The second-order valence-corrected chi connectivity index (χ2v) is 9.23. The van der Waals surface area contributed by atoms with E-state index in [1.165, 1.54) is 9.80 Å². The zero-order valence-electron chi connectivity index (χ0n) is 21.8. The summed E-state index contributed by atoms with van der Waals surface area (Å²) in [6.07, 6.45) is -1.66. The Labute approximate surface area is 231 Å². The van der Waals surface area contributed by atoms with E-state index in [1.807, 2.05) is 60.7 Å². The topological polar surface area (TPSA) is 197 Å². The van der Waals surface area contributed by atoms with Crippen LogP contribution in [0, 0.1) is 0 Å². The van der Waals surface area contributed by atoms with Crippen molar-refractivity contribution in [2.45, 2.75) is 50.3 Å². The average molecular weight is 553 g/mol. The van der Waals surface area contributed by atoms with Crippen molar-refractivity contribution >= 4 is 12.2 Å². The number of likely N-dealkylation sites (tertiary alicyclic amines) is 2. The molecular formula is C26H32N8O6. The SMILES string of the molecule is [N-]=[N+]=NC1CCN(C(=O)OCc2ccccc2)CC1O.[N-]=[N+]=NC1CN(C(=O)OCc2ccccc2)CCC1O. The molecule has 0 aromatic heterocycles. The third-order valence-electron chi connectivity index (χ3n) is 6.42. The fourth-order valence-corrected chi connectivity index (χ4v) is 4.17. The molecule has 2 aromatic carbocycles. The van der Waals surface area contributed by atoms with Crippen LogP contribution in [0.25, 0.3) is 20.9 Å². The van der Waals surface area contributed by atoms with Gasteiger partial charge in [-0.2, -0.15) is 0 Å².